The van der Waals surface area contributed by atoms with Crippen LogP contribution in [-0.2, 0) is 6.54 Å². The minimum absolute atomic E-state index is 0.0747. The molecule has 7 heteroatoms. The first-order chi connectivity index (χ1) is 11.6. The number of halogens is 1. The highest BCUT2D eigenvalue weighted by Gasteiger charge is 2.08. The highest BCUT2D eigenvalue weighted by atomic mass is 35.5. The topological polar surface area (TPSA) is 79.8 Å². The van der Waals surface area contributed by atoms with E-state index in [2.05, 4.69) is 10.6 Å². The lowest BCUT2D eigenvalue weighted by Crippen LogP contribution is -2.28. The van der Waals surface area contributed by atoms with Gasteiger partial charge in [0.1, 0.15) is 6.61 Å². The molecule has 24 heavy (non-hydrogen) atoms. The number of carbonyl (C=O) groups is 1. The van der Waals surface area contributed by atoms with E-state index >= 15 is 0 Å². The lowest BCUT2D eigenvalue weighted by atomic mass is 10.2. The molecule has 0 aliphatic carbocycles. The third kappa shape index (κ3) is 5.04. The van der Waals surface area contributed by atoms with Gasteiger partial charge in [-0.05, 0) is 29.8 Å². The number of carbonyl (C=O) groups excluding carboxylic acids is 1. The maximum atomic E-state index is 11.9. The monoisotopic (exact) mass is 350 g/mol. The van der Waals surface area contributed by atoms with Crippen LogP contribution in [0.1, 0.15) is 5.56 Å². The van der Waals surface area contributed by atoms with Crippen molar-refractivity contribution in [2.24, 2.45) is 0 Å². The van der Waals surface area contributed by atoms with Gasteiger partial charge in [-0.2, -0.15) is 0 Å². The number of rotatable bonds is 7. The van der Waals surface area contributed by atoms with Crippen molar-refractivity contribution in [3.8, 4) is 11.5 Å². The van der Waals surface area contributed by atoms with E-state index in [0.29, 0.717) is 28.8 Å². The van der Waals surface area contributed by atoms with Crippen molar-refractivity contribution in [1.82, 2.24) is 5.32 Å². The Morgan fingerprint density at radius 3 is 2.71 bits per heavy atom. The van der Waals surface area contributed by atoms with Crippen LogP contribution in [0.5, 0.6) is 11.5 Å². The second-order valence-corrected chi connectivity index (χ2v) is 5.25. The number of aliphatic hydroxyl groups is 1. The Bertz CT molecular complexity index is 694. The summed E-state index contributed by atoms with van der Waals surface area (Å²) in [5.74, 6) is 1.07. The number of benzene rings is 2. The fourth-order valence-electron chi connectivity index (χ4n) is 2.01. The first kappa shape index (κ1) is 17.9. The molecular weight excluding hydrogens is 332 g/mol. The maximum Gasteiger partial charge on any atom is 0.319 e. The molecule has 2 rings (SSSR count). The van der Waals surface area contributed by atoms with Crippen molar-refractivity contribution in [2.75, 3.05) is 25.6 Å². The Labute approximate surface area is 145 Å². The number of urea groups is 1. The van der Waals surface area contributed by atoms with Crippen LogP contribution in [0.2, 0.25) is 5.02 Å². The molecule has 0 radical (unpaired) electrons. The van der Waals surface area contributed by atoms with Crippen molar-refractivity contribution < 1.29 is 19.4 Å². The van der Waals surface area contributed by atoms with Crippen LogP contribution >= 0.6 is 11.6 Å². The zero-order chi connectivity index (χ0) is 17.4. The second kappa shape index (κ2) is 9.00. The summed E-state index contributed by atoms with van der Waals surface area (Å²) in [7, 11) is 1.53. The van der Waals surface area contributed by atoms with Gasteiger partial charge < -0.3 is 25.2 Å². The first-order valence-electron chi connectivity index (χ1n) is 7.34. The van der Waals surface area contributed by atoms with Crippen molar-refractivity contribution in [3.05, 3.63) is 53.1 Å². The first-order valence-corrected chi connectivity index (χ1v) is 7.71. The summed E-state index contributed by atoms with van der Waals surface area (Å²) in [6.07, 6.45) is 0. The summed E-state index contributed by atoms with van der Waals surface area (Å²) in [5, 5.41) is 14.7. The van der Waals surface area contributed by atoms with Gasteiger partial charge in [0.25, 0.3) is 0 Å². The molecule has 2 aromatic rings. The molecule has 0 aliphatic rings. The van der Waals surface area contributed by atoms with Gasteiger partial charge in [0.15, 0.2) is 11.5 Å². The van der Waals surface area contributed by atoms with Crippen LogP contribution in [-0.4, -0.2) is 31.5 Å². The van der Waals surface area contributed by atoms with E-state index in [0.717, 1.165) is 5.56 Å². The minimum atomic E-state index is -0.359. The average Bonchev–Trinajstić information content (AvgIpc) is 2.60. The molecular formula is C17H19ClN2O4. The quantitative estimate of drug-likeness (QED) is 0.717. The fraction of sp³-hybridized carbons (Fsp3) is 0.235. The summed E-state index contributed by atoms with van der Waals surface area (Å²) in [6.45, 7) is 0.426. The zero-order valence-electron chi connectivity index (χ0n) is 13.2. The van der Waals surface area contributed by atoms with Crippen LogP contribution < -0.4 is 20.1 Å². The van der Waals surface area contributed by atoms with Crippen LogP contribution in [0.15, 0.2) is 42.5 Å². The third-order valence-electron chi connectivity index (χ3n) is 3.15. The van der Waals surface area contributed by atoms with Gasteiger partial charge in [-0.1, -0.05) is 29.8 Å². The summed E-state index contributed by atoms with van der Waals surface area (Å²) in [6, 6.07) is 12.0. The Balaban J connectivity index is 1.93. The number of para-hydroxylation sites is 1. The van der Waals surface area contributed by atoms with Crippen molar-refractivity contribution in [1.29, 1.82) is 0 Å². The van der Waals surface area contributed by atoms with E-state index in [9.17, 15) is 4.79 Å². The number of hydrogen-bond donors (Lipinski definition) is 3. The third-order valence-corrected chi connectivity index (χ3v) is 3.48. The molecule has 6 nitrogen and oxygen atoms in total. The van der Waals surface area contributed by atoms with E-state index in [1.165, 1.54) is 7.11 Å². The second-order valence-electron chi connectivity index (χ2n) is 4.84. The van der Waals surface area contributed by atoms with Crippen LogP contribution in [0, 0.1) is 0 Å². The zero-order valence-corrected chi connectivity index (χ0v) is 14.0. The number of nitrogens with one attached hydrogen (secondary N) is 2. The van der Waals surface area contributed by atoms with Gasteiger partial charge >= 0.3 is 6.03 Å². The van der Waals surface area contributed by atoms with E-state index in [1.807, 2.05) is 6.07 Å². The molecule has 0 saturated heterocycles. The number of methoxy groups -OCH3 is 1. The largest absolute Gasteiger partial charge is 0.493 e. The minimum Gasteiger partial charge on any atom is -0.493 e. The molecule has 3 N–H and O–H groups in total. The van der Waals surface area contributed by atoms with Gasteiger partial charge in [0, 0.05) is 6.54 Å². The van der Waals surface area contributed by atoms with Crippen molar-refractivity contribution in [2.45, 2.75) is 6.54 Å². The normalized spacial score (nSPS) is 10.1. The van der Waals surface area contributed by atoms with Gasteiger partial charge in [-0.3, -0.25) is 0 Å². The summed E-state index contributed by atoms with van der Waals surface area (Å²) in [4.78, 5) is 11.9. The molecule has 0 saturated carbocycles. The van der Waals surface area contributed by atoms with E-state index in [1.54, 1.807) is 36.4 Å². The highest BCUT2D eigenvalue weighted by Crippen LogP contribution is 2.28. The van der Waals surface area contributed by atoms with Gasteiger partial charge in [-0.15, -0.1) is 0 Å². The summed E-state index contributed by atoms with van der Waals surface area (Å²) in [5.41, 5.74) is 1.39. The van der Waals surface area contributed by atoms with Crippen molar-refractivity contribution >= 4 is 23.3 Å². The molecule has 0 atom stereocenters. The summed E-state index contributed by atoms with van der Waals surface area (Å²) < 4.78 is 10.6. The Morgan fingerprint density at radius 1 is 1.21 bits per heavy atom. The van der Waals surface area contributed by atoms with E-state index in [4.69, 9.17) is 26.2 Å². The van der Waals surface area contributed by atoms with Gasteiger partial charge in [-0.25, -0.2) is 4.79 Å². The molecule has 128 valence electrons. The molecule has 0 spiro atoms. The fourth-order valence-corrected chi connectivity index (χ4v) is 2.19. The standard InChI is InChI=1S/C17H19ClN2O4/c1-23-16-10-12(6-7-15(16)24-9-8-21)11-19-17(22)20-14-5-3-2-4-13(14)18/h2-7,10,21H,8-9,11H2,1H3,(H2,19,20,22). The Morgan fingerprint density at radius 2 is 2.00 bits per heavy atom. The van der Waals surface area contributed by atoms with Gasteiger partial charge in [0.2, 0.25) is 0 Å². The van der Waals surface area contributed by atoms with Crippen LogP contribution in [0.3, 0.4) is 0 Å². The summed E-state index contributed by atoms with van der Waals surface area (Å²) >= 11 is 5.99. The number of aliphatic hydroxyl groups excluding tert-OH is 1. The Kier molecular flexibility index (Phi) is 6.72. The molecule has 0 aliphatic heterocycles. The predicted molar refractivity (Wildman–Crippen MR) is 92.9 cm³/mol. The number of ether oxygens (including phenoxy) is 2. The predicted octanol–water partition coefficient (Wildman–Crippen LogP) is 3.04. The molecule has 2 aromatic carbocycles. The SMILES string of the molecule is COc1cc(CNC(=O)Nc2ccccc2Cl)ccc1OCCO. The number of hydrogen-bond acceptors (Lipinski definition) is 4. The lowest BCUT2D eigenvalue weighted by Gasteiger charge is -2.12. The van der Waals surface area contributed by atoms with Crippen LogP contribution in [0.25, 0.3) is 0 Å². The van der Waals surface area contributed by atoms with Crippen molar-refractivity contribution in [3.63, 3.8) is 0 Å². The van der Waals surface area contributed by atoms with E-state index < -0.39 is 0 Å². The van der Waals surface area contributed by atoms with Crippen LogP contribution in [0.4, 0.5) is 10.5 Å². The molecule has 0 unspecified atom stereocenters. The molecule has 0 aromatic heterocycles. The highest BCUT2D eigenvalue weighted by molar-refractivity contribution is 6.33. The molecule has 0 fully saturated rings. The number of amides is 2. The maximum absolute atomic E-state index is 11.9. The number of anilines is 1. The smallest absolute Gasteiger partial charge is 0.319 e. The molecule has 0 heterocycles. The Hall–Kier alpha value is -2.44. The average molecular weight is 351 g/mol. The van der Waals surface area contributed by atoms with E-state index in [-0.39, 0.29) is 19.2 Å². The lowest BCUT2D eigenvalue weighted by molar-refractivity contribution is 0.196. The molecule has 0 bridgehead atoms. The molecule has 2 amide bonds. The van der Waals surface area contributed by atoms with Gasteiger partial charge in [0.05, 0.1) is 24.4 Å².